The maximum absolute atomic E-state index is 12.2. The van der Waals surface area contributed by atoms with Gasteiger partial charge in [0, 0.05) is 37.6 Å². The molecule has 0 radical (unpaired) electrons. The van der Waals surface area contributed by atoms with Crippen LogP contribution >= 0.6 is 0 Å². The number of rotatable bonds is 4. The Bertz CT molecular complexity index is 763. The van der Waals surface area contributed by atoms with Gasteiger partial charge in [0.1, 0.15) is 5.69 Å². The molecule has 1 aromatic carbocycles. The Morgan fingerprint density at radius 3 is 2.91 bits per heavy atom. The van der Waals surface area contributed by atoms with Crippen LogP contribution in [0.25, 0.3) is 10.9 Å². The van der Waals surface area contributed by atoms with E-state index in [4.69, 9.17) is 4.74 Å². The van der Waals surface area contributed by atoms with E-state index in [2.05, 4.69) is 15.2 Å². The number of fused-ring (bicyclic) bond motifs is 1. The van der Waals surface area contributed by atoms with Gasteiger partial charge < -0.3 is 15.0 Å². The third-order valence-electron chi connectivity index (χ3n) is 4.13. The molecule has 1 amide bonds. The minimum absolute atomic E-state index is 0.129. The van der Waals surface area contributed by atoms with E-state index in [9.17, 15) is 9.59 Å². The fraction of sp³-hybridized carbons (Fsp3) is 0.412. The third-order valence-corrected chi connectivity index (χ3v) is 4.13. The van der Waals surface area contributed by atoms with Gasteiger partial charge in [0.25, 0.3) is 5.91 Å². The topological polar surface area (TPSA) is 74.4 Å². The van der Waals surface area contributed by atoms with Crippen molar-refractivity contribution >= 4 is 16.8 Å². The number of hydrogen-bond donors (Lipinski definition) is 2. The molecule has 1 aromatic heterocycles. The standard InChI is InChI=1S/C17H21N3O3/c1-12-3-2-4-13-16(12)15(21)11-14(19-13)17(22)18-5-6-20-7-9-23-10-8-20/h2-4,11H,5-10H2,1H3,(H,18,22)(H,19,21). The molecular weight excluding hydrogens is 294 g/mol. The van der Waals surface area contributed by atoms with Gasteiger partial charge in [-0.2, -0.15) is 0 Å². The molecule has 0 bridgehead atoms. The van der Waals surface area contributed by atoms with Crippen LogP contribution in [0.3, 0.4) is 0 Å². The molecule has 2 aromatic rings. The van der Waals surface area contributed by atoms with E-state index in [0.717, 1.165) is 38.4 Å². The largest absolute Gasteiger partial charge is 0.379 e. The number of morpholine rings is 1. The molecule has 0 unspecified atom stereocenters. The maximum atomic E-state index is 12.2. The van der Waals surface area contributed by atoms with Crippen LogP contribution in [0.4, 0.5) is 0 Å². The quantitative estimate of drug-likeness (QED) is 0.879. The SMILES string of the molecule is Cc1cccc2[nH]c(C(=O)NCCN3CCOCC3)cc(=O)c12. The fourth-order valence-corrected chi connectivity index (χ4v) is 2.85. The molecule has 23 heavy (non-hydrogen) atoms. The number of ether oxygens (including phenoxy) is 1. The molecule has 0 atom stereocenters. The van der Waals surface area contributed by atoms with E-state index >= 15 is 0 Å². The van der Waals surface area contributed by atoms with E-state index in [1.807, 2.05) is 25.1 Å². The number of hydrogen-bond acceptors (Lipinski definition) is 4. The van der Waals surface area contributed by atoms with E-state index in [-0.39, 0.29) is 11.3 Å². The Labute approximate surface area is 134 Å². The summed E-state index contributed by atoms with van der Waals surface area (Å²) in [5, 5.41) is 3.50. The second kappa shape index (κ2) is 6.93. The zero-order valence-electron chi connectivity index (χ0n) is 13.2. The Kier molecular flexibility index (Phi) is 4.73. The molecule has 3 rings (SSSR count). The molecule has 6 nitrogen and oxygen atoms in total. The summed E-state index contributed by atoms with van der Waals surface area (Å²) in [5.74, 6) is -0.251. The molecule has 0 aliphatic carbocycles. The van der Waals surface area contributed by atoms with Gasteiger partial charge in [-0.25, -0.2) is 0 Å². The van der Waals surface area contributed by atoms with E-state index in [1.165, 1.54) is 6.07 Å². The van der Waals surface area contributed by atoms with Crippen LogP contribution < -0.4 is 10.7 Å². The molecule has 1 fully saturated rings. The summed E-state index contributed by atoms with van der Waals surface area (Å²) in [5.41, 5.74) is 1.77. The van der Waals surface area contributed by atoms with Crippen molar-refractivity contribution in [1.82, 2.24) is 15.2 Å². The van der Waals surface area contributed by atoms with Crippen molar-refractivity contribution < 1.29 is 9.53 Å². The van der Waals surface area contributed by atoms with Crippen LogP contribution in [0.15, 0.2) is 29.1 Å². The van der Waals surface area contributed by atoms with Crippen LogP contribution in [0.2, 0.25) is 0 Å². The number of H-pyrrole nitrogens is 1. The first kappa shape index (κ1) is 15.7. The van der Waals surface area contributed by atoms with Gasteiger partial charge in [0.2, 0.25) is 0 Å². The number of aryl methyl sites for hydroxylation is 1. The fourth-order valence-electron chi connectivity index (χ4n) is 2.85. The van der Waals surface area contributed by atoms with Crippen molar-refractivity contribution in [3.05, 3.63) is 45.7 Å². The number of benzene rings is 1. The molecule has 0 spiro atoms. The van der Waals surface area contributed by atoms with E-state index in [1.54, 1.807) is 0 Å². The number of nitrogens with one attached hydrogen (secondary N) is 2. The highest BCUT2D eigenvalue weighted by molar-refractivity contribution is 5.95. The van der Waals surface area contributed by atoms with Crippen LogP contribution in [0, 0.1) is 6.92 Å². The van der Waals surface area contributed by atoms with Crippen molar-refractivity contribution in [1.29, 1.82) is 0 Å². The molecule has 1 aliphatic heterocycles. The lowest BCUT2D eigenvalue weighted by Crippen LogP contribution is -2.41. The number of aromatic nitrogens is 1. The highest BCUT2D eigenvalue weighted by atomic mass is 16.5. The lowest BCUT2D eigenvalue weighted by molar-refractivity contribution is 0.0383. The summed E-state index contributed by atoms with van der Waals surface area (Å²) >= 11 is 0. The second-order valence-electron chi connectivity index (χ2n) is 5.75. The minimum atomic E-state index is -0.251. The Morgan fingerprint density at radius 1 is 1.35 bits per heavy atom. The summed E-state index contributed by atoms with van der Waals surface area (Å²) in [7, 11) is 0. The molecule has 1 saturated heterocycles. The van der Waals surface area contributed by atoms with Gasteiger partial charge >= 0.3 is 0 Å². The van der Waals surface area contributed by atoms with Gasteiger partial charge in [0.05, 0.1) is 18.7 Å². The van der Waals surface area contributed by atoms with Gasteiger partial charge in [0.15, 0.2) is 5.43 Å². The molecule has 0 saturated carbocycles. The van der Waals surface area contributed by atoms with Crippen molar-refractivity contribution in [3.63, 3.8) is 0 Å². The highest BCUT2D eigenvalue weighted by Gasteiger charge is 2.13. The van der Waals surface area contributed by atoms with Crippen molar-refractivity contribution in [3.8, 4) is 0 Å². The normalized spacial score (nSPS) is 15.7. The molecule has 6 heteroatoms. The van der Waals surface area contributed by atoms with Crippen LogP contribution in [0.5, 0.6) is 0 Å². The summed E-state index contributed by atoms with van der Waals surface area (Å²) < 4.78 is 5.29. The lowest BCUT2D eigenvalue weighted by atomic mass is 10.1. The van der Waals surface area contributed by atoms with Crippen LogP contribution in [0.1, 0.15) is 16.1 Å². The highest BCUT2D eigenvalue weighted by Crippen LogP contribution is 2.12. The second-order valence-corrected chi connectivity index (χ2v) is 5.75. The minimum Gasteiger partial charge on any atom is -0.379 e. The predicted molar refractivity (Wildman–Crippen MR) is 88.9 cm³/mol. The zero-order chi connectivity index (χ0) is 16.2. The number of carbonyl (C=O) groups is 1. The van der Waals surface area contributed by atoms with Crippen LogP contribution in [-0.2, 0) is 4.74 Å². The summed E-state index contributed by atoms with van der Waals surface area (Å²) in [6.45, 7) is 6.49. The molecule has 1 aliphatic rings. The summed E-state index contributed by atoms with van der Waals surface area (Å²) in [4.78, 5) is 29.8. The Hall–Kier alpha value is -2.18. The average molecular weight is 315 g/mol. The molecular formula is C17H21N3O3. The van der Waals surface area contributed by atoms with Crippen molar-refractivity contribution in [2.24, 2.45) is 0 Å². The molecule has 2 N–H and O–H groups in total. The van der Waals surface area contributed by atoms with Crippen LogP contribution in [-0.4, -0.2) is 55.2 Å². The smallest absolute Gasteiger partial charge is 0.267 e. The Balaban J connectivity index is 1.67. The zero-order valence-corrected chi connectivity index (χ0v) is 13.2. The summed E-state index contributed by atoms with van der Waals surface area (Å²) in [6, 6.07) is 6.95. The van der Waals surface area contributed by atoms with Gasteiger partial charge in [-0.05, 0) is 18.6 Å². The number of amides is 1. The third kappa shape index (κ3) is 3.60. The first-order chi connectivity index (χ1) is 11.1. The molecule has 122 valence electrons. The number of aromatic amines is 1. The van der Waals surface area contributed by atoms with Crippen molar-refractivity contribution in [2.45, 2.75) is 6.92 Å². The van der Waals surface area contributed by atoms with Gasteiger partial charge in [-0.3, -0.25) is 14.5 Å². The average Bonchev–Trinajstić information content (AvgIpc) is 2.55. The predicted octanol–water partition coefficient (Wildman–Crippen LogP) is 0.899. The van der Waals surface area contributed by atoms with Crippen molar-refractivity contribution in [2.75, 3.05) is 39.4 Å². The van der Waals surface area contributed by atoms with E-state index in [0.29, 0.717) is 23.1 Å². The number of nitrogens with zero attached hydrogens (tertiary/aromatic N) is 1. The number of carbonyl (C=O) groups excluding carboxylic acids is 1. The first-order valence-electron chi connectivity index (χ1n) is 7.86. The van der Waals surface area contributed by atoms with Gasteiger partial charge in [-0.1, -0.05) is 12.1 Å². The lowest BCUT2D eigenvalue weighted by Gasteiger charge is -2.26. The Morgan fingerprint density at radius 2 is 2.13 bits per heavy atom. The monoisotopic (exact) mass is 315 g/mol. The maximum Gasteiger partial charge on any atom is 0.267 e. The van der Waals surface area contributed by atoms with E-state index < -0.39 is 0 Å². The molecule has 2 heterocycles. The summed E-state index contributed by atoms with van der Waals surface area (Å²) in [6.07, 6.45) is 0. The van der Waals surface area contributed by atoms with Gasteiger partial charge in [-0.15, -0.1) is 0 Å². The number of pyridine rings is 1. The first-order valence-corrected chi connectivity index (χ1v) is 7.86.